The molecule has 0 aliphatic carbocycles. The van der Waals surface area contributed by atoms with Crippen molar-refractivity contribution in [2.24, 2.45) is 4.99 Å². The van der Waals surface area contributed by atoms with Gasteiger partial charge in [0.2, 0.25) is 0 Å². The van der Waals surface area contributed by atoms with Crippen LogP contribution in [0.2, 0.25) is 5.02 Å². The van der Waals surface area contributed by atoms with Gasteiger partial charge < -0.3 is 19.9 Å². The number of carbonyl (C=O) groups is 2. The molecule has 7 nitrogen and oxygen atoms in total. The van der Waals surface area contributed by atoms with Gasteiger partial charge in [-0.05, 0) is 66.6 Å². The molecule has 2 aromatic carbocycles. The average molecular weight is 461 g/mol. The molecule has 1 amide bonds. The number of benzene rings is 2. The summed E-state index contributed by atoms with van der Waals surface area (Å²) in [6.07, 6.45) is 2.61. The number of nitrogens with zero attached hydrogens (tertiary/aromatic N) is 1. The van der Waals surface area contributed by atoms with Crippen LogP contribution in [0.5, 0.6) is 11.5 Å². The lowest BCUT2D eigenvalue weighted by molar-refractivity contribution is -0.139. The Kier molecular flexibility index (Phi) is 7.59. The molecule has 0 spiro atoms. The largest absolute Gasteiger partial charge is 0.490 e. The van der Waals surface area contributed by atoms with Crippen LogP contribution in [0.3, 0.4) is 0 Å². The van der Waals surface area contributed by atoms with E-state index in [1.165, 1.54) is 17.3 Å². The number of thioether (sulfide) groups is 1. The van der Waals surface area contributed by atoms with Gasteiger partial charge >= 0.3 is 5.97 Å². The highest BCUT2D eigenvalue weighted by Crippen LogP contribution is 2.38. The topological polar surface area (TPSA) is 97.2 Å². The van der Waals surface area contributed by atoms with Gasteiger partial charge in [-0.2, -0.15) is 0 Å². The summed E-state index contributed by atoms with van der Waals surface area (Å²) in [4.78, 5) is 28.1. The summed E-state index contributed by atoms with van der Waals surface area (Å²) in [5.74, 6) is -0.945. The summed E-state index contributed by atoms with van der Waals surface area (Å²) in [6.45, 7) is 3.66. The van der Waals surface area contributed by atoms with Crippen molar-refractivity contribution in [2.75, 3.05) is 13.2 Å². The van der Waals surface area contributed by atoms with Crippen LogP contribution in [0.1, 0.15) is 25.0 Å². The Labute approximate surface area is 189 Å². The number of hydrogen-bond donors (Lipinski definition) is 2. The Bertz CT molecular complexity index is 1050. The summed E-state index contributed by atoms with van der Waals surface area (Å²) in [6, 6.07) is 11.0. The number of ether oxygens (including phenoxy) is 2. The van der Waals surface area contributed by atoms with E-state index in [9.17, 15) is 9.59 Å². The first-order valence-electron chi connectivity index (χ1n) is 9.59. The van der Waals surface area contributed by atoms with Crippen LogP contribution in [-0.4, -0.2) is 35.4 Å². The van der Waals surface area contributed by atoms with E-state index in [-0.39, 0.29) is 16.7 Å². The van der Waals surface area contributed by atoms with Crippen LogP contribution in [0.25, 0.3) is 6.08 Å². The van der Waals surface area contributed by atoms with E-state index in [0.717, 1.165) is 12.1 Å². The Hall–Kier alpha value is -2.97. The second kappa shape index (κ2) is 10.4. The van der Waals surface area contributed by atoms with Crippen molar-refractivity contribution in [3.05, 3.63) is 57.5 Å². The number of nitrogens with one attached hydrogen (secondary N) is 1. The average Bonchev–Trinajstić information content (AvgIpc) is 3.06. The summed E-state index contributed by atoms with van der Waals surface area (Å²) in [7, 11) is 0. The van der Waals surface area contributed by atoms with Crippen molar-refractivity contribution in [1.29, 1.82) is 0 Å². The highest BCUT2D eigenvalue weighted by Gasteiger charge is 2.24. The maximum atomic E-state index is 12.4. The SMILES string of the molecule is CCOc1cc(/C=C2/SC(=Nc3ccc(CC)cc3)NC2=O)cc(Cl)c1OCC(=O)O. The number of hydrogen-bond acceptors (Lipinski definition) is 6. The molecule has 3 rings (SSSR count). The van der Waals surface area contributed by atoms with E-state index in [4.69, 9.17) is 26.2 Å². The molecule has 31 heavy (non-hydrogen) atoms. The van der Waals surface area contributed by atoms with Gasteiger partial charge in [0.15, 0.2) is 23.3 Å². The third kappa shape index (κ3) is 6.02. The molecule has 162 valence electrons. The molecule has 1 fully saturated rings. The smallest absolute Gasteiger partial charge is 0.341 e. The number of carbonyl (C=O) groups excluding carboxylic acids is 1. The van der Waals surface area contributed by atoms with Gasteiger partial charge in [0, 0.05) is 0 Å². The van der Waals surface area contributed by atoms with Crippen molar-refractivity contribution >= 4 is 52.2 Å². The standard InChI is InChI=1S/C22H21ClN2O5S/c1-3-13-5-7-15(8-6-13)24-22-25-21(28)18(31-22)11-14-9-16(23)20(30-12-19(26)27)17(10-14)29-4-2/h5-11H,3-4,12H2,1-2H3,(H,26,27)(H,24,25,28)/b18-11+. The van der Waals surface area contributed by atoms with Gasteiger partial charge in [-0.15, -0.1) is 0 Å². The molecule has 0 saturated carbocycles. The molecule has 2 aromatic rings. The van der Waals surface area contributed by atoms with Gasteiger partial charge in [0.05, 0.1) is 22.2 Å². The minimum Gasteiger partial charge on any atom is -0.490 e. The van der Waals surface area contributed by atoms with Gasteiger partial charge in [0.25, 0.3) is 5.91 Å². The first kappa shape index (κ1) is 22.7. The normalized spacial score (nSPS) is 15.9. The monoisotopic (exact) mass is 460 g/mol. The van der Waals surface area contributed by atoms with E-state index in [1.54, 1.807) is 25.1 Å². The Morgan fingerprint density at radius 2 is 1.97 bits per heavy atom. The lowest BCUT2D eigenvalue weighted by Crippen LogP contribution is -2.19. The molecule has 0 unspecified atom stereocenters. The quantitative estimate of drug-likeness (QED) is 0.556. The lowest BCUT2D eigenvalue weighted by Gasteiger charge is -2.13. The third-order valence-electron chi connectivity index (χ3n) is 4.20. The van der Waals surface area contributed by atoms with E-state index < -0.39 is 12.6 Å². The fourth-order valence-corrected chi connectivity index (χ4v) is 3.88. The van der Waals surface area contributed by atoms with Gasteiger partial charge in [-0.3, -0.25) is 4.79 Å². The van der Waals surface area contributed by atoms with Gasteiger partial charge in [-0.25, -0.2) is 9.79 Å². The summed E-state index contributed by atoms with van der Waals surface area (Å²) in [5.41, 5.74) is 2.58. The molecule has 1 saturated heterocycles. The predicted molar refractivity (Wildman–Crippen MR) is 122 cm³/mol. The molecule has 1 heterocycles. The third-order valence-corrected chi connectivity index (χ3v) is 5.39. The molecular formula is C22H21ClN2O5S. The van der Waals surface area contributed by atoms with Crippen LogP contribution >= 0.6 is 23.4 Å². The highest BCUT2D eigenvalue weighted by atomic mass is 35.5. The van der Waals surface area contributed by atoms with Crippen molar-refractivity contribution in [1.82, 2.24) is 5.32 Å². The van der Waals surface area contributed by atoms with Gasteiger partial charge in [0.1, 0.15) is 0 Å². The van der Waals surface area contributed by atoms with Crippen molar-refractivity contribution in [3.8, 4) is 11.5 Å². The number of aryl methyl sites for hydroxylation is 1. The van der Waals surface area contributed by atoms with Crippen molar-refractivity contribution < 1.29 is 24.2 Å². The van der Waals surface area contributed by atoms with E-state index >= 15 is 0 Å². The number of amidine groups is 1. The zero-order valence-electron chi connectivity index (χ0n) is 17.0. The zero-order valence-corrected chi connectivity index (χ0v) is 18.5. The Morgan fingerprint density at radius 1 is 1.23 bits per heavy atom. The first-order chi connectivity index (χ1) is 14.9. The molecular weight excluding hydrogens is 440 g/mol. The van der Waals surface area contributed by atoms with Crippen LogP contribution < -0.4 is 14.8 Å². The minimum absolute atomic E-state index is 0.148. The number of amides is 1. The molecule has 0 aromatic heterocycles. The molecule has 1 aliphatic heterocycles. The van der Waals surface area contributed by atoms with Crippen molar-refractivity contribution in [3.63, 3.8) is 0 Å². The fourth-order valence-electron chi connectivity index (χ4n) is 2.76. The number of aliphatic imine (C=N–C) groups is 1. The van der Waals surface area contributed by atoms with Gasteiger partial charge in [-0.1, -0.05) is 30.7 Å². The second-order valence-electron chi connectivity index (χ2n) is 6.45. The summed E-state index contributed by atoms with van der Waals surface area (Å²) >= 11 is 7.50. The minimum atomic E-state index is -1.13. The highest BCUT2D eigenvalue weighted by molar-refractivity contribution is 8.18. The predicted octanol–water partition coefficient (Wildman–Crippen LogP) is 4.66. The summed E-state index contributed by atoms with van der Waals surface area (Å²) in [5, 5.41) is 12.3. The Morgan fingerprint density at radius 3 is 2.61 bits per heavy atom. The summed E-state index contributed by atoms with van der Waals surface area (Å²) < 4.78 is 10.8. The first-order valence-corrected chi connectivity index (χ1v) is 10.8. The van der Waals surface area contributed by atoms with Crippen LogP contribution in [0, 0.1) is 0 Å². The second-order valence-corrected chi connectivity index (χ2v) is 7.88. The molecule has 0 atom stereocenters. The molecule has 9 heteroatoms. The van der Waals surface area contributed by atoms with E-state index in [2.05, 4.69) is 17.2 Å². The van der Waals surface area contributed by atoms with E-state index in [0.29, 0.717) is 28.0 Å². The molecule has 1 aliphatic rings. The molecule has 2 N–H and O–H groups in total. The zero-order chi connectivity index (χ0) is 22.4. The number of rotatable bonds is 8. The number of carboxylic acids is 1. The molecule has 0 bridgehead atoms. The lowest BCUT2D eigenvalue weighted by atomic mass is 10.1. The fraction of sp³-hybridized carbons (Fsp3) is 0.227. The maximum Gasteiger partial charge on any atom is 0.341 e. The van der Waals surface area contributed by atoms with Crippen LogP contribution in [0.15, 0.2) is 46.3 Å². The maximum absolute atomic E-state index is 12.4. The van der Waals surface area contributed by atoms with E-state index in [1.807, 2.05) is 24.3 Å². The number of halogens is 1. The molecule has 0 radical (unpaired) electrons. The Balaban J connectivity index is 1.83. The number of aliphatic carboxylic acids is 1. The van der Waals surface area contributed by atoms with Crippen molar-refractivity contribution in [2.45, 2.75) is 20.3 Å². The van der Waals surface area contributed by atoms with Crippen LogP contribution in [-0.2, 0) is 16.0 Å². The number of carboxylic acid groups (broad SMARTS) is 1. The van der Waals surface area contributed by atoms with Crippen LogP contribution in [0.4, 0.5) is 5.69 Å².